The highest BCUT2D eigenvalue weighted by Crippen LogP contribution is 2.22. The van der Waals surface area contributed by atoms with Crippen molar-refractivity contribution in [3.05, 3.63) is 41.3 Å². The van der Waals surface area contributed by atoms with E-state index in [1.807, 2.05) is 26.8 Å². The summed E-state index contributed by atoms with van der Waals surface area (Å²) in [6.07, 6.45) is 1.47. The number of nitrogens with zero attached hydrogens (tertiary/aromatic N) is 3. The van der Waals surface area contributed by atoms with Crippen LogP contribution in [0.5, 0.6) is 0 Å². The fraction of sp³-hybridized carbons (Fsp3) is 0.417. The lowest BCUT2D eigenvalue weighted by molar-refractivity contribution is -0.645. The van der Waals surface area contributed by atoms with Crippen LogP contribution in [0, 0.1) is 5.21 Å². The third-order valence-electron chi connectivity index (χ3n) is 2.25. The second-order valence-electron chi connectivity index (χ2n) is 4.92. The van der Waals surface area contributed by atoms with Crippen molar-refractivity contribution in [2.45, 2.75) is 37.0 Å². The molecule has 0 aromatic carbocycles. The lowest BCUT2D eigenvalue weighted by Gasteiger charge is -2.10. The Morgan fingerprint density at radius 3 is 2.78 bits per heavy atom. The molecule has 0 radical (unpaired) electrons. The quantitative estimate of drug-likeness (QED) is 0.484. The van der Waals surface area contributed by atoms with Gasteiger partial charge in [-0.3, -0.25) is 0 Å². The van der Waals surface area contributed by atoms with Gasteiger partial charge in [0.15, 0.2) is 12.0 Å². The molecule has 6 heteroatoms. The third-order valence-corrected chi connectivity index (χ3v) is 3.26. The van der Waals surface area contributed by atoms with Crippen molar-refractivity contribution in [3.8, 4) is 0 Å². The molecule has 96 valence electrons. The topological polar surface area (TPSA) is 65.9 Å². The average molecular weight is 265 g/mol. The fourth-order valence-corrected chi connectivity index (χ4v) is 2.04. The second kappa shape index (κ2) is 4.97. The van der Waals surface area contributed by atoms with Gasteiger partial charge in [-0.2, -0.15) is 9.71 Å². The number of hydrogen-bond donors (Lipinski definition) is 0. The Morgan fingerprint density at radius 1 is 1.39 bits per heavy atom. The number of aromatic nitrogens is 3. The van der Waals surface area contributed by atoms with Gasteiger partial charge in [0, 0.05) is 17.5 Å². The number of thioether (sulfide) groups is 1. The summed E-state index contributed by atoms with van der Waals surface area (Å²) in [6.45, 7) is 6.04. The summed E-state index contributed by atoms with van der Waals surface area (Å²) in [6, 6.07) is 5.29. The molecule has 2 heterocycles. The van der Waals surface area contributed by atoms with Crippen LogP contribution < -0.4 is 4.73 Å². The van der Waals surface area contributed by atoms with Crippen LogP contribution in [0.15, 0.2) is 33.9 Å². The van der Waals surface area contributed by atoms with Crippen molar-refractivity contribution in [2.75, 3.05) is 0 Å². The van der Waals surface area contributed by atoms with E-state index in [0.717, 1.165) is 4.73 Å². The summed E-state index contributed by atoms with van der Waals surface area (Å²) >= 11 is 1.39. The normalized spacial score (nSPS) is 11.7. The largest absolute Gasteiger partial charge is 0.618 e. The first-order valence-corrected chi connectivity index (χ1v) is 6.59. The van der Waals surface area contributed by atoms with Crippen molar-refractivity contribution in [1.82, 2.24) is 10.1 Å². The highest BCUT2D eigenvalue weighted by Gasteiger charge is 2.21. The Bertz CT molecular complexity index is 534. The number of pyridine rings is 1. The van der Waals surface area contributed by atoms with Crippen LogP contribution in [0.1, 0.15) is 32.5 Å². The second-order valence-corrected chi connectivity index (χ2v) is 5.91. The van der Waals surface area contributed by atoms with E-state index in [4.69, 9.17) is 4.52 Å². The molecule has 0 aliphatic heterocycles. The average Bonchev–Trinajstić information content (AvgIpc) is 2.76. The van der Waals surface area contributed by atoms with Crippen molar-refractivity contribution in [2.24, 2.45) is 0 Å². The highest BCUT2D eigenvalue weighted by molar-refractivity contribution is 7.98. The molecule has 0 saturated heterocycles. The minimum Gasteiger partial charge on any atom is -0.618 e. The van der Waals surface area contributed by atoms with Crippen molar-refractivity contribution >= 4 is 11.8 Å². The third kappa shape index (κ3) is 3.01. The maximum absolute atomic E-state index is 11.4. The molecular weight excluding hydrogens is 250 g/mol. The zero-order valence-electron chi connectivity index (χ0n) is 10.6. The first-order chi connectivity index (χ1) is 8.47. The van der Waals surface area contributed by atoms with Gasteiger partial charge in [-0.15, -0.1) is 0 Å². The van der Waals surface area contributed by atoms with Gasteiger partial charge in [0.25, 0.3) is 5.03 Å². The number of hydrogen-bond acceptors (Lipinski definition) is 5. The summed E-state index contributed by atoms with van der Waals surface area (Å²) in [5.74, 6) is 1.74. The van der Waals surface area contributed by atoms with Gasteiger partial charge in [0.2, 0.25) is 5.89 Å². The van der Waals surface area contributed by atoms with E-state index in [1.54, 1.807) is 12.1 Å². The van der Waals surface area contributed by atoms with Gasteiger partial charge in [-0.25, -0.2) is 0 Å². The molecule has 0 spiro atoms. The Balaban J connectivity index is 2.03. The zero-order chi connectivity index (χ0) is 13.2. The Kier molecular flexibility index (Phi) is 3.56. The lowest BCUT2D eigenvalue weighted by atomic mass is 9.97. The van der Waals surface area contributed by atoms with E-state index in [-0.39, 0.29) is 5.41 Å². The molecule has 0 bridgehead atoms. The first kappa shape index (κ1) is 12.9. The van der Waals surface area contributed by atoms with Gasteiger partial charge in [0.05, 0.1) is 5.75 Å². The van der Waals surface area contributed by atoms with E-state index < -0.39 is 0 Å². The van der Waals surface area contributed by atoms with Crippen LogP contribution in [0.3, 0.4) is 0 Å². The molecule has 0 atom stereocenters. The smallest absolute Gasteiger partial charge is 0.251 e. The number of rotatable bonds is 3. The van der Waals surface area contributed by atoms with Gasteiger partial charge in [-0.05, 0) is 17.8 Å². The molecule has 0 aliphatic rings. The maximum Gasteiger partial charge on any atom is 0.251 e. The van der Waals surface area contributed by atoms with Gasteiger partial charge in [0.1, 0.15) is 0 Å². The van der Waals surface area contributed by atoms with Crippen molar-refractivity contribution in [3.63, 3.8) is 0 Å². The van der Waals surface area contributed by atoms with Crippen LogP contribution >= 0.6 is 11.8 Å². The van der Waals surface area contributed by atoms with E-state index in [2.05, 4.69) is 10.1 Å². The van der Waals surface area contributed by atoms with Gasteiger partial charge in [-0.1, -0.05) is 25.9 Å². The minimum absolute atomic E-state index is 0.152. The predicted octanol–water partition coefficient (Wildman–Crippen LogP) is 2.29. The van der Waals surface area contributed by atoms with E-state index in [0.29, 0.717) is 22.5 Å². The molecule has 0 amide bonds. The maximum atomic E-state index is 11.4. The van der Waals surface area contributed by atoms with Crippen molar-refractivity contribution < 1.29 is 9.25 Å². The van der Waals surface area contributed by atoms with Crippen LogP contribution in [0.25, 0.3) is 0 Å². The van der Waals surface area contributed by atoms with E-state index >= 15 is 0 Å². The van der Waals surface area contributed by atoms with E-state index in [9.17, 15) is 5.21 Å². The van der Waals surface area contributed by atoms with Crippen LogP contribution in [-0.2, 0) is 11.2 Å². The standard InChI is InChI=1S/C12H15N3O2S/c1-12(2,3)11-13-9(14-17-11)8-18-10-6-4-5-7-15(10)16/h4-7H,8H2,1-3H3. The molecule has 0 unspecified atom stereocenters. The minimum atomic E-state index is -0.152. The molecule has 0 saturated carbocycles. The molecule has 0 aliphatic carbocycles. The SMILES string of the molecule is CC(C)(C)c1nc(CSc2cccc[n+]2[O-])no1. The molecule has 18 heavy (non-hydrogen) atoms. The van der Waals surface area contributed by atoms with Gasteiger partial charge >= 0.3 is 0 Å². The van der Waals surface area contributed by atoms with E-state index in [1.165, 1.54) is 18.0 Å². The summed E-state index contributed by atoms with van der Waals surface area (Å²) in [7, 11) is 0. The lowest BCUT2D eigenvalue weighted by Crippen LogP contribution is -2.27. The van der Waals surface area contributed by atoms with Gasteiger partial charge < -0.3 is 9.73 Å². The highest BCUT2D eigenvalue weighted by atomic mass is 32.2. The molecule has 5 nitrogen and oxygen atoms in total. The Morgan fingerprint density at radius 2 is 2.17 bits per heavy atom. The molecule has 2 rings (SSSR count). The first-order valence-electron chi connectivity index (χ1n) is 5.61. The zero-order valence-corrected chi connectivity index (χ0v) is 11.4. The van der Waals surface area contributed by atoms with Crippen LogP contribution in [0.4, 0.5) is 0 Å². The summed E-state index contributed by atoms with van der Waals surface area (Å²) in [5.41, 5.74) is -0.152. The Hall–Kier alpha value is -1.56. The summed E-state index contributed by atoms with van der Waals surface area (Å²) in [5, 5.41) is 16.0. The van der Waals surface area contributed by atoms with Crippen LogP contribution in [0.2, 0.25) is 0 Å². The molecule has 2 aromatic rings. The summed E-state index contributed by atoms with van der Waals surface area (Å²) in [4.78, 5) is 4.32. The molecule has 0 N–H and O–H groups in total. The molecule has 0 fully saturated rings. The van der Waals surface area contributed by atoms with Crippen LogP contribution in [-0.4, -0.2) is 10.1 Å². The fourth-order valence-electron chi connectivity index (χ4n) is 1.28. The predicted molar refractivity (Wildman–Crippen MR) is 68.0 cm³/mol. The molecule has 2 aromatic heterocycles. The Labute approximate surface area is 110 Å². The monoisotopic (exact) mass is 265 g/mol. The summed E-state index contributed by atoms with van der Waals surface area (Å²) < 4.78 is 6.02. The molecular formula is C12H15N3O2S. The van der Waals surface area contributed by atoms with Crippen molar-refractivity contribution in [1.29, 1.82) is 0 Å².